The number of carbonyl (C=O) groups excluding carboxylic acids is 15. The van der Waals surface area contributed by atoms with Crippen molar-refractivity contribution >= 4 is 106 Å². The third-order valence-corrected chi connectivity index (χ3v) is 20.8. The van der Waals surface area contributed by atoms with E-state index in [1.165, 1.54) is 85.3 Å². The summed E-state index contributed by atoms with van der Waals surface area (Å²) in [5.74, 6) is -18.3. The highest BCUT2D eigenvalue weighted by Crippen LogP contribution is 2.20. The highest BCUT2D eigenvalue weighted by molar-refractivity contribution is 6.01. The minimum Gasteiger partial charge on any atom is -0.508 e. The van der Waals surface area contributed by atoms with Gasteiger partial charge in [0, 0.05) is 57.9 Å². The average Bonchev–Trinajstić information content (AvgIpc) is 1.56. The highest BCUT2D eigenvalue weighted by atomic mass is 16.3. The van der Waals surface area contributed by atoms with Crippen LogP contribution in [0.5, 0.6) is 17.2 Å². The van der Waals surface area contributed by atoms with E-state index in [1.807, 2.05) is 13.8 Å². The van der Waals surface area contributed by atoms with Gasteiger partial charge >= 0.3 is 0 Å². The van der Waals surface area contributed by atoms with E-state index in [4.69, 9.17) is 56.4 Å². The Morgan fingerprint density at radius 3 is 1.01 bits per heavy atom. The molecule has 0 aliphatic rings. The van der Waals surface area contributed by atoms with Gasteiger partial charge in [-0.1, -0.05) is 105 Å². The Hall–Kier alpha value is -13.9. The van der Waals surface area contributed by atoms with Crippen LogP contribution in [0.3, 0.4) is 0 Å². The summed E-state index contributed by atoms with van der Waals surface area (Å²) in [6.45, 7) is 13.7. The van der Waals surface area contributed by atoms with Gasteiger partial charge in [0.1, 0.15) is 89.8 Å². The van der Waals surface area contributed by atoms with Gasteiger partial charge in [-0.25, -0.2) is 4.98 Å². The van der Waals surface area contributed by atoms with Crippen molar-refractivity contribution in [3.63, 3.8) is 0 Å². The SMILES string of the molecule is CC[C@H](C)[C@H](NC(=O)[C@H](Cc1ccc(O)cc1)NC(=O)[C@H](Cc1c[nH]cn1)NC(=O)[C@H](CCCNC(=N)N)NC(=O)[C@@H](N)CC(C)C)C(=O)N[C@@H](CC(N)=O)C(=O)N[C@@H](CC(C)C)C(=O)N[C@H](C(=O)N[C@@H](Cc1ccc(O)cc1)C(=O)N[C@@H](CCCNC(=N)N)C(=O)N[C@@H](CCC(N)=O)C(=O)N[C@@H](CCCNC(=N)N)C(=O)N[C@@H](Cc1ccc(O)cc1)C(N)=O)[C@@H](C)CC. The maximum Gasteiger partial charge on any atom is 0.243 e. The zero-order chi connectivity index (χ0) is 96.3. The number of aromatic hydroxyl groups is 3. The lowest BCUT2D eigenvalue weighted by Crippen LogP contribution is -2.62. The summed E-state index contributed by atoms with van der Waals surface area (Å²) in [5, 5.41) is 92.6. The summed E-state index contributed by atoms with van der Waals surface area (Å²) in [5.41, 5.74) is 41.2. The van der Waals surface area contributed by atoms with Gasteiger partial charge in [0.25, 0.3) is 0 Å². The molecule has 45 nitrogen and oxygen atoms in total. The number of hydrogen-bond donors (Lipinski definition) is 29. The monoisotopic (exact) mass is 1810 g/mol. The van der Waals surface area contributed by atoms with Gasteiger partial charge in [0.05, 0.1) is 24.5 Å². The van der Waals surface area contributed by atoms with Crippen LogP contribution in [-0.4, -0.2) is 230 Å². The number of rotatable bonds is 58. The number of hydrogen-bond acceptors (Lipinski definition) is 23. The molecule has 0 bridgehead atoms. The Morgan fingerprint density at radius 2 is 0.667 bits per heavy atom. The molecular formula is C84H131N27O18. The first kappa shape index (κ1) is 107. The summed E-state index contributed by atoms with van der Waals surface area (Å²) in [7, 11) is 0. The number of guanidine groups is 3. The molecule has 0 aliphatic heterocycles. The number of amides is 15. The van der Waals surface area contributed by atoms with Crippen molar-refractivity contribution in [2.45, 2.75) is 243 Å². The lowest BCUT2D eigenvalue weighted by molar-refractivity contribution is -0.137. The molecule has 3 aromatic carbocycles. The van der Waals surface area contributed by atoms with Crippen LogP contribution in [0.1, 0.15) is 161 Å². The van der Waals surface area contributed by atoms with Crippen LogP contribution in [0.2, 0.25) is 0 Å². The van der Waals surface area contributed by atoms with Crippen molar-refractivity contribution in [1.29, 1.82) is 16.2 Å². The highest BCUT2D eigenvalue weighted by Gasteiger charge is 2.40. The van der Waals surface area contributed by atoms with Crippen LogP contribution in [0, 0.1) is 39.9 Å². The quantitative estimate of drug-likeness (QED) is 0.0113. The van der Waals surface area contributed by atoms with Gasteiger partial charge in [-0.3, -0.25) is 88.1 Å². The molecule has 0 saturated carbocycles. The number of nitrogens with zero attached hydrogens (tertiary/aromatic N) is 1. The van der Waals surface area contributed by atoms with Crippen LogP contribution < -0.4 is 120 Å². The Balaban J connectivity index is 1.70. The Bertz CT molecular complexity index is 4430. The smallest absolute Gasteiger partial charge is 0.243 e. The number of nitrogens with one attached hydrogen (secondary N) is 19. The lowest BCUT2D eigenvalue weighted by atomic mass is 9.95. The van der Waals surface area contributed by atoms with E-state index in [9.17, 15) is 72.9 Å². The third-order valence-electron chi connectivity index (χ3n) is 20.8. The Morgan fingerprint density at radius 1 is 0.364 bits per heavy atom. The first-order chi connectivity index (χ1) is 60.9. The molecule has 129 heavy (non-hydrogen) atoms. The predicted molar refractivity (Wildman–Crippen MR) is 476 cm³/mol. The maximum atomic E-state index is 15.1. The topological polar surface area (TPSA) is 780 Å². The number of imidazole rings is 1. The van der Waals surface area contributed by atoms with Crippen LogP contribution in [-0.2, 0) is 97.6 Å². The van der Waals surface area contributed by atoms with Crippen molar-refractivity contribution in [3.8, 4) is 17.2 Å². The standard InChI is InChI=1S/C84H131N27O18/c1-9-45(7)67(80(128)108-61(37-48-19-25-52(113)26-20-48)75(123)102-56(15-12-32-97-83(91)92)71(119)103-58(29-30-65(86)115)74(122)101-57(16-13-33-98-84(93)94)72(120)104-59(69(88)117)36-47-17-23-51(112)24-18-47)110-78(126)60(35-44(5)6)105-77(125)64(40-66(87)116)109-81(129)68(46(8)10-2)111-79(127)62(38-49-21-27-53(114)28-22-49)106-76(124)63(39-50-41-95-42-99-50)107-73(121)55(14-11-31-96-82(89)90)100-70(118)54(85)34-43(3)4/h17-28,41-46,54-64,67-68,112-114H,9-16,29-40,85H2,1-8H3,(H2,86,115)(H2,87,116)(H2,88,117)(H,95,99)(H,100,118)(H,101,122)(H,102,123)(H,103,119)(H,104,120)(H,105,125)(H,106,124)(H,107,121)(H,108,128)(H,109,129)(H,110,126)(H,111,127)(H4,89,90,96)(H4,91,92,97)(H4,93,94,98)/t45-,46-,54-,55-,56-,57-,58-,59-,60-,61-,62-,63-,64-,67-,68-/m0/s1. The number of aromatic nitrogens is 2. The van der Waals surface area contributed by atoms with Gasteiger partial charge in [0.15, 0.2) is 17.9 Å². The van der Waals surface area contributed by atoms with Crippen LogP contribution >= 0.6 is 0 Å². The fourth-order valence-corrected chi connectivity index (χ4v) is 13.4. The lowest BCUT2D eigenvalue weighted by Gasteiger charge is -2.31. The molecule has 36 N–H and O–H groups in total. The fraction of sp³-hybridized carbons (Fsp3) is 0.536. The second-order valence-electron chi connectivity index (χ2n) is 32.6. The molecular weight excluding hydrogens is 1680 g/mol. The van der Waals surface area contributed by atoms with E-state index in [0.29, 0.717) is 16.7 Å². The number of aromatic amines is 1. The van der Waals surface area contributed by atoms with Crippen LogP contribution in [0.4, 0.5) is 0 Å². The molecule has 4 rings (SSSR count). The summed E-state index contributed by atoms with van der Waals surface area (Å²) in [6, 6.07) is -3.13. The number of H-pyrrole nitrogens is 1. The molecule has 1 heterocycles. The zero-order valence-electron chi connectivity index (χ0n) is 74.0. The first-order valence-corrected chi connectivity index (χ1v) is 42.7. The molecule has 1 aromatic heterocycles. The molecule has 0 spiro atoms. The minimum atomic E-state index is -1.87. The zero-order valence-corrected chi connectivity index (χ0v) is 74.0. The first-order valence-electron chi connectivity index (χ1n) is 42.7. The number of phenols is 3. The largest absolute Gasteiger partial charge is 0.508 e. The van der Waals surface area contributed by atoms with E-state index in [1.54, 1.807) is 41.5 Å². The summed E-state index contributed by atoms with van der Waals surface area (Å²) >= 11 is 0. The van der Waals surface area contributed by atoms with Gasteiger partial charge in [-0.15, -0.1) is 0 Å². The van der Waals surface area contributed by atoms with E-state index in [2.05, 4.69) is 89.7 Å². The van der Waals surface area contributed by atoms with Gasteiger partial charge < -0.3 is 140 Å². The van der Waals surface area contributed by atoms with Crippen molar-refractivity contribution in [1.82, 2.24) is 89.7 Å². The van der Waals surface area contributed by atoms with Crippen molar-refractivity contribution in [2.24, 2.45) is 63.8 Å². The third kappa shape index (κ3) is 40.1. The Labute approximate surface area is 748 Å². The Kier molecular flexibility index (Phi) is 45.7. The average molecular weight is 1810 g/mol. The second kappa shape index (κ2) is 54.9. The summed E-state index contributed by atoms with van der Waals surface area (Å²) < 4.78 is 0. The summed E-state index contributed by atoms with van der Waals surface area (Å²) in [4.78, 5) is 221. The van der Waals surface area contributed by atoms with Gasteiger partial charge in [0.2, 0.25) is 88.6 Å². The predicted octanol–water partition coefficient (Wildman–Crippen LogP) is -4.46. The van der Waals surface area contributed by atoms with Crippen molar-refractivity contribution in [3.05, 3.63) is 108 Å². The summed E-state index contributed by atoms with van der Waals surface area (Å²) in [6.07, 6.45) is 0.0227. The van der Waals surface area contributed by atoms with Crippen LogP contribution in [0.25, 0.3) is 0 Å². The number of nitrogens with two attached hydrogens (primary N) is 7. The molecule has 0 fully saturated rings. The van der Waals surface area contributed by atoms with E-state index in [-0.39, 0.29) is 144 Å². The molecule has 0 saturated heterocycles. The van der Waals surface area contributed by atoms with Crippen LogP contribution in [0.15, 0.2) is 85.3 Å². The molecule has 0 unspecified atom stereocenters. The van der Waals surface area contributed by atoms with E-state index < -0.39 is 216 Å². The second-order valence-corrected chi connectivity index (χ2v) is 32.6. The number of carbonyl (C=O) groups is 15. The fourth-order valence-electron chi connectivity index (χ4n) is 13.4. The maximum absolute atomic E-state index is 15.1. The van der Waals surface area contributed by atoms with Crippen molar-refractivity contribution < 1.29 is 87.2 Å². The molecule has 15 atom stereocenters. The normalized spacial score (nSPS) is 14.6. The molecule has 710 valence electrons. The molecule has 0 radical (unpaired) electrons. The number of phenolic OH excluding ortho intramolecular Hbond substituents is 3. The van der Waals surface area contributed by atoms with E-state index >= 15 is 14.4 Å². The molecule has 0 aliphatic carbocycles. The van der Waals surface area contributed by atoms with Gasteiger partial charge in [-0.2, -0.15) is 0 Å². The molecule has 15 amide bonds. The van der Waals surface area contributed by atoms with E-state index in [0.717, 1.165) is 0 Å². The van der Waals surface area contributed by atoms with Crippen molar-refractivity contribution in [2.75, 3.05) is 19.6 Å². The minimum absolute atomic E-state index is 0.000755. The number of primary amides is 3. The number of benzene rings is 3. The van der Waals surface area contributed by atoms with Gasteiger partial charge in [-0.05, 0) is 135 Å². The molecule has 45 heteroatoms. The molecule has 4 aromatic rings.